The molecular formula is C23H32O5. The van der Waals surface area contributed by atoms with Crippen LogP contribution in [0.1, 0.15) is 71.6 Å². The van der Waals surface area contributed by atoms with Gasteiger partial charge < -0.3 is 14.9 Å². The zero-order valence-electron chi connectivity index (χ0n) is 17.0. The van der Waals surface area contributed by atoms with Crippen molar-refractivity contribution in [3.63, 3.8) is 0 Å². The fourth-order valence-electron chi connectivity index (χ4n) is 8.16. The maximum atomic E-state index is 12.1. The number of carbonyl (C=O) groups excluding carboxylic acids is 2. The molecule has 4 fully saturated rings. The Bertz CT molecular complexity index is 773. The fourth-order valence-corrected chi connectivity index (χ4v) is 8.16. The number of Topliss-reactive ketones (excluding diaryl/α,β-unsaturated/α-hetero) is 1. The summed E-state index contributed by atoms with van der Waals surface area (Å²) in [5.74, 6) is 0.986. The molecule has 28 heavy (non-hydrogen) atoms. The summed E-state index contributed by atoms with van der Waals surface area (Å²) in [4.78, 5) is 23.7. The first-order valence-corrected chi connectivity index (χ1v) is 11.0. The number of hydrogen-bond donors (Lipinski definition) is 2. The molecule has 5 rings (SSSR count). The summed E-state index contributed by atoms with van der Waals surface area (Å²) in [5.41, 5.74) is -2.04. The van der Waals surface area contributed by atoms with Gasteiger partial charge in [-0.05, 0) is 68.1 Å². The number of esters is 1. The quantitative estimate of drug-likeness (QED) is 0.675. The van der Waals surface area contributed by atoms with Crippen LogP contribution in [0.5, 0.6) is 0 Å². The lowest BCUT2D eigenvalue weighted by molar-refractivity contribution is -0.226. The van der Waals surface area contributed by atoms with Crippen LogP contribution in [0.15, 0.2) is 11.6 Å². The Morgan fingerprint density at radius 2 is 1.79 bits per heavy atom. The topological polar surface area (TPSA) is 83.8 Å². The van der Waals surface area contributed by atoms with Gasteiger partial charge in [-0.15, -0.1) is 0 Å². The molecule has 0 aromatic heterocycles. The van der Waals surface area contributed by atoms with Crippen molar-refractivity contribution < 1.29 is 24.5 Å². The van der Waals surface area contributed by atoms with E-state index in [1.165, 1.54) is 6.08 Å². The van der Waals surface area contributed by atoms with Gasteiger partial charge in [-0.1, -0.05) is 13.8 Å². The monoisotopic (exact) mass is 388 g/mol. The molecule has 0 radical (unpaired) electrons. The van der Waals surface area contributed by atoms with Gasteiger partial charge in [0.15, 0.2) is 0 Å². The van der Waals surface area contributed by atoms with E-state index in [0.29, 0.717) is 48.9 Å². The van der Waals surface area contributed by atoms with Crippen molar-refractivity contribution in [1.29, 1.82) is 0 Å². The maximum absolute atomic E-state index is 12.1. The van der Waals surface area contributed by atoms with Gasteiger partial charge in [0.1, 0.15) is 12.4 Å². The molecular weight excluding hydrogens is 356 g/mol. The first-order chi connectivity index (χ1) is 13.1. The fraction of sp³-hybridized carbons (Fsp3) is 0.826. The average molecular weight is 389 g/mol. The van der Waals surface area contributed by atoms with Crippen molar-refractivity contribution >= 4 is 11.8 Å². The van der Waals surface area contributed by atoms with Crippen molar-refractivity contribution in [2.45, 2.75) is 82.8 Å². The van der Waals surface area contributed by atoms with Gasteiger partial charge in [0.25, 0.3) is 0 Å². The molecule has 5 nitrogen and oxygen atoms in total. The highest BCUT2D eigenvalue weighted by atomic mass is 16.5. The number of ether oxygens (including phenoxy) is 1. The molecule has 0 aromatic rings. The summed E-state index contributed by atoms with van der Waals surface area (Å²) in [7, 11) is 0. The van der Waals surface area contributed by atoms with Crippen LogP contribution < -0.4 is 0 Å². The molecule has 2 N–H and O–H groups in total. The van der Waals surface area contributed by atoms with Crippen LogP contribution in [-0.4, -0.2) is 39.8 Å². The summed E-state index contributed by atoms with van der Waals surface area (Å²) in [6.07, 6.45) is 8.40. The Labute approximate surface area is 166 Å². The number of hydrogen-bond acceptors (Lipinski definition) is 5. The van der Waals surface area contributed by atoms with E-state index in [1.807, 2.05) is 6.92 Å². The second kappa shape index (κ2) is 5.69. The Balaban J connectivity index is 1.51. The third-order valence-corrected chi connectivity index (χ3v) is 10.0. The molecule has 5 aliphatic rings. The van der Waals surface area contributed by atoms with Crippen molar-refractivity contribution in [1.82, 2.24) is 0 Å². The largest absolute Gasteiger partial charge is 0.458 e. The minimum atomic E-state index is -1.18. The minimum absolute atomic E-state index is 0.111. The Morgan fingerprint density at radius 1 is 1.00 bits per heavy atom. The lowest BCUT2D eigenvalue weighted by Crippen LogP contribution is -2.65. The van der Waals surface area contributed by atoms with Crippen molar-refractivity contribution in [2.75, 3.05) is 6.61 Å². The Hall–Kier alpha value is -1.20. The number of cyclic esters (lactones) is 1. The third-order valence-electron chi connectivity index (χ3n) is 10.0. The Morgan fingerprint density at radius 3 is 2.50 bits per heavy atom. The molecule has 1 aliphatic heterocycles. The molecule has 0 bridgehead atoms. The average Bonchev–Trinajstić information content (AvgIpc) is 3.18. The van der Waals surface area contributed by atoms with E-state index < -0.39 is 22.6 Å². The molecule has 4 saturated carbocycles. The zero-order chi connectivity index (χ0) is 19.9. The van der Waals surface area contributed by atoms with Crippen LogP contribution in [0, 0.1) is 28.6 Å². The zero-order valence-corrected chi connectivity index (χ0v) is 17.0. The predicted molar refractivity (Wildman–Crippen MR) is 102 cm³/mol. The second-order valence-corrected chi connectivity index (χ2v) is 10.7. The normalized spacial score (nSPS) is 53.1. The smallest absolute Gasteiger partial charge is 0.331 e. The van der Waals surface area contributed by atoms with E-state index in [-0.39, 0.29) is 17.9 Å². The third kappa shape index (κ3) is 2.10. The molecule has 154 valence electrons. The van der Waals surface area contributed by atoms with E-state index in [4.69, 9.17) is 4.74 Å². The molecule has 1 heterocycles. The van der Waals surface area contributed by atoms with E-state index in [0.717, 1.165) is 32.1 Å². The predicted octanol–water partition coefficient (Wildman–Crippen LogP) is 2.93. The Kier molecular flexibility index (Phi) is 3.82. The van der Waals surface area contributed by atoms with Gasteiger partial charge in [-0.25, -0.2) is 4.79 Å². The molecule has 4 aliphatic carbocycles. The lowest BCUT2D eigenvalue weighted by atomic mass is 9.43. The van der Waals surface area contributed by atoms with E-state index in [1.54, 1.807) is 0 Å². The van der Waals surface area contributed by atoms with E-state index in [9.17, 15) is 19.8 Å². The van der Waals surface area contributed by atoms with E-state index >= 15 is 0 Å². The summed E-state index contributed by atoms with van der Waals surface area (Å²) >= 11 is 0. The van der Waals surface area contributed by atoms with Crippen LogP contribution in [0.3, 0.4) is 0 Å². The summed E-state index contributed by atoms with van der Waals surface area (Å²) < 4.78 is 5.10. The molecule has 7 atom stereocenters. The minimum Gasteiger partial charge on any atom is -0.458 e. The van der Waals surface area contributed by atoms with Gasteiger partial charge >= 0.3 is 5.97 Å². The highest BCUT2D eigenvalue weighted by Gasteiger charge is 2.72. The summed E-state index contributed by atoms with van der Waals surface area (Å²) in [6.45, 7) is 4.51. The van der Waals surface area contributed by atoms with Gasteiger partial charge in [-0.3, -0.25) is 4.79 Å². The summed E-state index contributed by atoms with van der Waals surface area (Å²) in [5, 5.41) is 23.8. The van der Waals surface area contributed by atoms with Crippen LogP contribution in [0.4, 0.5) is 0 Å². The molecule has 0 amide bonds. The van der Waals surface area contributed by atoms with Gasteiger partial charge in [0.05, 0.1) is 11.2 Å². The number of ketones is 1. The number of aliphatic hydroxyl groups is 2. The number of fused-ring (bicyclic) bond motifs is 5. The SMILES string of the molecule is C[C@]12CCC(=O)C[C@H]1CC[C@@H]1[C@@H]2CC[C@]2(C)[C@@](O)(C3=CC(=O)OC3)CC[C@]12O. The number of carbonyl (C=O) groups is 2. The highest BCUT2D eigenvalue weighted by Crippen LogP contribution is 2.70. The number of rotatable bonds is 1. The van der Waals surface area contributed by atoms with Crippen LogP contribution >= 0.6 is 0 Å². The summed E-state index contributed by atoms with van der Waals surface area (Å²) in [6, 6.07) is 0. The second-order valence-electron chi connectivity index (χ2n) is 10.7. The maximum Gasteiger partial charge on any atom is 0.331 e. The van der Waals surface area contributed by atoms with Gasteiger partial charge in [-0.2, -0.15) is 0 Å². The molecule has 0 saturated heterocycles. The standard InChI is InChI=1S/C23H32O5/c1-20-7-5-16(24)11-14(20)3-4-18-17(20)6-8-21(2)22(26,9-10-23(18,21)27)15-12-19(25)28-13-15/h12,14,17-18,26-27H,3-11,13H2,1-2H3/t14-,17+,18-,20+,21-,22+,23+/m1/s1. The lowest BCUT2D eigenvalue weighted by Gasteiger charge is -2.64. The van der Waals surface area contributed by atoms with Crippen LogP contribution in [0.25, 0.3) is 0 Å². The molecule has 5 heteroatoms. The van der Waals surface area contributed by atoms with E-state index in [2.05, 4.69) is 6.92 Å². The van der Waals surface area contributed by atoms with Crippen molar-refractivity contribution in [2.24, 2.45) is 28.6 Å². The van der Waals surface area contributed by atoms with Crippen molar-refractivity contribution in [3.8, 4) is 0 Å². The molecule has 0 aromatic carbocycles. The van der Waals surface area contributed by atoms with Gasteiger partial charge in [0, 0.05) is 29.9 Å². The van der Waals surface area contributed by atoms with Gasteiger partial charge in [0.2, 0.25) is 0 Å². The highest BCUT2D eigenvalue weighted by molar-refractivity contribution is 5.86. The first kappa shape index (κ1) is 18.8. The van der Waals surface area contributed by atoms with Crippen LogP contribution in [0.2, 0.25) is 0 Å². The molecule has 0 unspecified atom stereocenters. The first-order valence-electron chi connectivity index (χ1n) is 11.0. The van der Waals surface area contributed by atoms with Crippen molar-refractivity contribution in [3.05, 3.63) is 11.6 Å². The molecule has 0 spiro atoms. The van der Waals surface area contributed by atoms with Crippen LogP contribution in [-0.2, 0) is 14.3 Å².